The largest absolute Gasteiger partial charge is 0.496 e. The Morgan fingerprint density at radius 1 is 1.13 bits per heavy atom. The fourth-order valence-electron chi connectivity index (χ4n) is 5.77. The number of likely N-dealkylation sites (N-methyl/N-ethyl adjacent to an activating group) is 2. The molecule has 2 N–H and O–H groups in total. The van der Waals surface area contributed by atoms with E-state index < -0.39 is 17.3 Å². The Labute approximate surface area is 263 Å². The SMILES string of the molecule is COc1ccncc1-c1nccc(C(=O)Nc2nc3ccc(N4CCC(N(C)CCN(C)C)CC4)cc3n2CC(C)(C)O)c1F. The quantitative estimate of drug-likeness (QED) is 0.256. The summed E-state index contributed by atoms with van der Waals surface area (Å²) < 4.78 is 22.9. The second-order valence-corrected chi connectivity index (χ2v) is 12.6. The van der Waals surface area contributed by atoms with E-state index in [2.05, 4.69) is 62.2 Å². The van der Waals surface area contributed by atoms with Crippen LogP contribution in [-0.4, -0.2) is 106 Å². The van der Waals surface area contributed by atoms with Crippen molar-refractivity contribution in [1.82, 2.24) is 29.3 Å². The van der Waals surface area contributed by atoms with E-state index in [0.717, 1.165) is 50.2 Å². The first-order valence-electron chi connectivity index (χ1n) is 15.2. The Morgan fingerprint density at radius 2 is 1.89 bits per heavy atom. The van der Waals surface area contributed by atoms with E-state index >= 15 is 4.39 Å². The molecule has 1 aliphatic rings. The van der Waals surface area contributed by atoms with Gasteiger partial charge in [-0.25, -0.2) is 9.37 Å². The number of methoxy groups -OCH3 is 1. The maximum Gasteiger partial charge on any atom is 0.261 e. The molecule has 1 saturated heterocycles. The van der Waals surface area contributed by atoms with Gasteiger partial charge in [0, 0.05) is 56.5 Å². The number of aromatic nitrogens is 4. The van der Waals surface area contributed by atoms with Gasteiger partial charge in [0.1, 0.15) is 11.4 Å². The molecule has 11 nitrogen and oxygen atoms in total. The summed E-state index contributed by atoms with van der Waals surface area (Å²) in [7, 11) is 7.87. The molecular weight excluding hydrogens is 575 g/mol. The summed E-state index contributed by atoms with van der Waals surface area (Å²) in [5.41, 5.74) is 1.46. The van der Waals surface area contributed by atoms with Crippen LogP contribution in [0.15, 0.2) is 48.9 Å². The average molecular weight is 619 g/mol. The molecule has 1 fully saturated rings. The fraction of sp³-hybridized carbons (Fsp3) is 0.455. The number of benzene rings is 1. The zero-order valence-electron chi connectivity index (χ0n) is 26.9. The fourth-order valence-corrected chi connectivity index (χ4v) is 5.77. The van der Waals surface area contributed by atoms with Gasteiger partial charge in [0.15, 0.2) is 5.82 Å². The topological polar surface area (TPSA) is 112 Å². The number of nitrogens with one attached hydrogen (secondary N) is 1. The number of pyridine rings is 2. The molecule has 1 aliphatic heterocycles. The first-order valence-corrected chi connectivity index (χ1v) is 15.2. The van der Waals surface area contributed by atoms with E-state index in [1.165, 1.54) is 31.8 Å². The first-order chi connectivity index (χ1) is 21.4. The van der Waals surface area contributed by atoms with Crippen LogP contribution in [0.5, 0.6) is 5.75 Å². The van der Waals surface area contributed by atoms with Crippen LogP contribution in [0.25, 0.3) is 22.3 Å². The minimum Gasteiger partial charge on any atom is -0.496 e. The second kappa shape index (κ2) is 13.5. The van der Waals surface area contributed by atoms with Crippen LogP contribution in [0.4, 0.5) is 16.0 Å². The van der Waals surface area contributed by atoms with Crippen molar-refractivity contribution in [3.05, 3.63) is 60.3 Å². The molecule has 12 heteroatoms. The highest BCUT2D eigenvalue weighted by Crippen LogP contribution is 2.32. The lowest BCUT2D eigenvalue weighted by Gasteiger charge is -2.38. The molecule has 45 heavy (non-hydrogen) atoms. The standard InChI is InChI=1S/C33H43FN8O3/c1-33(2,44)21-42-27-19-23(41-15-11-22(12-16-41)40(5)18-17-39(3)4)7-8-26(27)37-32(42)38-31(43)24-9-14-36-30(29(24)34)25-20-35-13-10-28(25)45-6/h7-10,13-14,19-20,22,44H,11-12,15-18,21H2,1-6H3,(H,37,38,43). The molecule has 3 aromatic heterocycles. The van der Waals surface area contributed by atoms with E-state index in [1.54, 1.807) is 24.5 Å². The summed E-state index contributed by atoms with van der Waals surface area (Å²) in [5.74, 6) is -0.888. The second-order valence-electron chi connectivity index (χ2n) is 12.6. The number of ether oxygens (including phenoxy) is 1. The minimum atomic E-state index is -1.11. The van der Waals surface area contributed by atoms with Gasteiger partial charge >= 0.3 is 0 Å². The van der Waals surface area contributed by atoms with Gasteiger partial charge in [0.25, 0.3) is 5.91 Å². The lowest BCUT2D eigenvalue weighted by atomic mass is 10.0. The van der Waals surface area contributed by atoms with Crippen molar-refractivity contribution >= 4 is 28.6 Å². The smallest absolute Gasteiger partial charge is 0.261 e. The number of rotatable bonds is 11. The zero-order chi connectivity index (χ0) is 32.3. The van der Waals surface area contributed by atoms with Gasteiger partial charge in [0.2, 0.25) is 5.95 Å². The van der Waals surface area contributed by atoms with Crippen molar-refractivity contribution in [2.45, 2.75) is 44.9 Å². The number of anilines is 2. The van der Waals surface area contributed by atoms with Gasteiger partial charge in [0.05, 0.1) is 41.4 Å². The third-order valence-corrected chi connectivity index (χ3v) is 8.25. The van der Waals surface area contributed by atoms with E-state index in [9.17, 15) is 9.90 Å². The number of nitrogens with zero attached hydrogens (tertiary/aromatic N) is 7. The predicted molar refractivity (Wildman–Crippen MR) is 174 cm³/mol. The molecule has 240 valence electrons. The molecule has 0 aliphatic carbocycles. The predicted octanol–water partition coefficient (Wildman–Crippen LogP) is 4.13. The Balaban J connectivity index is 1.40. The molecule has 4 aromatic rings. The van der Waals surface area contributed by atoms with Crippen LogP contribution in [-0.2, 0) is 6.54 Å². The maximum atomic E-state index is 15.7. The number of hydrogen-bond acceptors (Lipinski definition) is 9. The Hall–Kier alpha value is -4.13. The number of imidazole rings is 1. The van der Waals surface area contributed by atoms with Crippen molar-refractivity contribution < 1.29 is 19.0 Å². The monoisotopic (exact) mass is 618 g/mol. The highest BCUT2D eigenvalue weighted by molar-refractivity contribution is 6.05. The van der Waals surface area contributed by atoms with Gasteiger partial charge in [-0.1, -0.05) is 0 Å². The van der Waals surface area contributed by atoms with Crippen molar-refractivity contribution in [2.75, 3.05) is 64.6 Å². The number of hydrogen-bond donors (Lipinski definition) is 2. The number of piperidine rings is 1. The van der Waals surface area contributed by atoms with E-state index in [1.807, 2.05) is 12.1 Å². The lowest BCUT2D eigenvalue weighted by molar-refractivity contribution is 0.0630. The van der Waals surface area contributed by atoms with Crippen LogP contribution in [0.3, 0.4) is 0 Å². The normalized spacial score (nSPS) is 14.5. The van der Waals surface area contributed by atoms with Gasteiger partial charge in [-0.15, -0.1) is 0 Å². The van der Waals surface area contributed by atoms with E-state index in [-0.39, 0.29) is 23.8 Å². The van der Waals surface area contributed by atoms with Gasteiger partial charge in [-0.05, 0) is 78.2 Å². The summed E-state index contributed by atoms with van der Waals surface area (Å²) in [6.45, 7) is 7.48. The lowest BCUT2D eigenvalue weighted by Crippen LogP contribution is -2.45. The van der Waals surface area contributed by atoms with Crippen molar-refractivity contribution in [3.8, 4) is 17.0 Å². The minimum absolute atomic E-state index is 0.0464. The number of carbonyl (C=O) groups is 1. The molecule has 0 bridgehead atoms. The van der Waals surface area contributed by atoms with Crippen LogP contribution in [0.1, 0.15) is 37.0 Å². The van der Waals surface area contributed by atoms with Crippen LogP contribution in [0, 0.1) is 5.82 Å². The number of aliphatic hydroxyl groups is 1. The van der Waals surface area contributed by atoms with Crippen molar-refractivity contribution in [2.24, 2.45) is 0 Å². The summed E-state index contributed by atoms with van der Waals surface area (Å²) >= 11 is 0. The van der Waals surface area contributed by atoms with Crippen molar-refractivity contribution in [1.29, 1.82) is 0 Å². The molecule has 0 unspecified atom stereocenters. The van der Waals surface area contributed by atoms with E-state index in [4.69, 9.17) is 4.74 Å². The molecule has 5 rings (SSSR count). The third-order valence-electron chi connectivity index (χ3n) is 8.25. The molecule has 1 amide bonds. The maximum absolute atomic E-state index is 15.7. The molecule has 0 atom stereocenters. The number of halogens is 1. The van der Waals surface area contributed by atoms with Crippen LogP contribution in [0.2, 0.25) is 0 Å². The Morgan fingerprint density at radius 3 is 2.58 bits per heavy atom. The Kier molecular flexibility index (Phi) is 9.66. The van der Waals surface area contributed by atoms with Crippen LogP contribution >= 0.6 is 0 Å². The van der Waals surface area contributed by atoms with Crippen LogP contribution < -0.4 is 15.0 Å². The zero-order valence-corrected chi connectivity index (χ0v) is 26.9. The Bertz CT molecular complexity index is 1640. The summed E-state index contributed by atoms with van der Waals surface area (Å²) in [6.07, 6.45) is 6.48. The molecule has 0 radical (unpaired) electrons. The molecule has 0 saturated carbocycles. The van der Waals surface area contributed by atoms with Gasteiger partial charge in [-0.3, -0.25) is 20.1 Å². The number of fused-ring (bicyclic) bond motifs is 1. The molecule has 1 aromatic carbocycles. The number of carbonyl (C=O) groups excluding carboxylic acids is 1. The summed E-state index contributed by atoms with van der Waals surface area (Å²) in [4.78, 5) is 33.4. The highest BCUT2D eigenvalue weighted by atomic mass is 19.1. The summed E-state index contributed by atoms with van der Waals surface area (Å²) in [5, 5.41) is 13.6. The summed E-state index contributed by atoms with van der Waals surface area (Å²) in [6, 6.07) is 9.49. The van der Waals surface area contributed by atoms with Crippen molar-refractivity contribution in [3.63, 3.8) is 0 Å². The van der Waals surface area contributed by atoms with Gasteiger partial charge in [-0.2, -0.15) is 0 Å². The highest BCUT2D eigenvalue weighted by Gasteiger charge is 2.26. The van der Waals surface area contributed by atoms with E-state index in [0.29, 0.717) is 22.9 Å². The first kappa shape index (κ1) is 32.3. The van der Waals surface area contributed by atoms with Gasteiger partial charge < -0.3 is 29.1 Å². The molecular formula is C33H43FN8O3. The molecule has 0 spiro atoms. The third kappa shape index (κ3) is 7.41. The average Bonchev–Trinajstić information content (AvgIpc) is 3.34. The molecule has 4 heterocycles. The number of amides is 1.